The van der Waals surface area contributed by atoms with Crippen molar-refractivity contribution >= 4 is 51.1 Å². The molecule has 0 aromatic heterocycles. The molecule has 13 heavy (non-hydrogen) atoms. The second kappa shape index (κ2) is 5.79. The van der Waals surface area contributed by atoms with Gasteiger partial charge in [-0.05, 0) is 46.9 Å². The molecule has 1 rings (SSSR count). The second-order valence-corrected chi connectivity index (χ2v) is 4.78. The maximum atomic E-state index is 11.4. The molecule has 0 aliphatic carbocycles. The molecular weight excluding hydrogens is 392 g/mol. The van der Waals surface area contributed by atoms with Crippen molar-refractivity contribution in [2.24, 2.45) is 0 Å². The molecule has 0 saturated heterocycles. The van der Waals surface area contributed by atoms with Crippen molar-refractivity contribution in [3.05, 3.63) is 33.4 Å². The Morgan fingerprint density at radius 2 is 1.92 bits per heavy atom. The summed E-state index contributed by atoms with van der Waals surface area (Å²) in [7, 11) is 0. The zero-order valence-electron chi connectivity index (χ0n) is 6.89. The van der Waals surface area contributed by atoms with Crippen LogP contribution in [0.15, 0.2) is 24.3 Å². The smallest absolute Gasteiger partial charge is 0.251 e. The van der Waals surface area contributed by atoms with Gasteiger partial charge in [0.25, 0.3) is 5.91 Å². The summed E-state index contributed by atoms with van der Waals surface area (Å²) in [6.45, 7) is 0.728. The van der Waals surface area contributed by atoms with Crippen LogP contribution in [-0.4, -0.2) is 16.9 Å². The first-order valence-electron chi connectivity index (χ1n) is 3.84. The van der Waals surface area contributed by atoms with Gasteiger partial charge in [0.2, 0.25) is 0 Å². The quantitative estimate of drug-likeness (QED) is 0.613. The van der Waals surface area contributed by atoms with Crippen LogP contribution in [0, 0.1) is 3.57 Å². The minimum absolute atomic E-state index is 0.00747. The van der Waals surface area contributed by atoms with E-state index in [4.69, 9.17) is 0 Å². The summed E-state index contributed by atoms with van der Waals surface area (Å²) in [6, 6.07) is 7.54. The Morgan fingerprint density at radius 1 is 1.31 bits per heavy atom. The van der Waals surface area contributed by atoms with E-state index >= 15 is 0 Å². The highest BCUT2D eigenvalue weighted by Crippen LogP contribution is 2.06. The van der Waals surface area contributed by atoms with E-state index in [0.29, 0.717) is 0 Å². The number of carbonyl (C=O) groups excluding carboxylic acids is 1. The van der Waals surface area contributed by atoms with Crippen molar-refractivity contribution in [2.75, 3.05) is 11.0 Å². The highest BCUT2D eigenvalue weighted by molar-refractivity contribution is 14.1. The number of rotatable bonds is 3. The van der Waals surface area contributed by atoms with Crippen molar-refractivity contribution in [3.8, 4) is 0 Å². The molecule has 4 heteroatoms. The van der Waals surface area contributed by atoms with Crippen molar-refractivity contribution in [3.63, 3.8) is 0 Å². The van der Waals surface area contributed by atoms with Crippen LogP contribution in [0.5, 0.6) is 0 Å². The Kier molecular flexibility index (Phi) is 5.00. The summed E-state index contributed by atoms with van der Waals surface area (Å²) in [4.78, 5) is 11.4. The highest BCUT2D eigenvalue weighted by Gasteiger charge is 2.02. The third-order valence-electron chi connectivity index (χ3n) is 1.49. The maximum Gasteiger partial charge on any atom is 0.251 e. The number of carbonyl (C=O) groups is 1. The van der Waals surface area contributed by atoms with Crippen molar-refractivity contribution in [2.45, 2.75) is 0 Å². The Morgan fingerprint density at radius 3 is 2.46 bits per heavy atom. The molecule has 0 radical (unpaired) electrons. The van der Waals surface area contributed by atoms with Crippen LogP contribution in [0.1, 0.15) is 10.4 Å². The Hall–Kier alpha value is 0.150. The number of hydrogen-bond acceptors (Lipinski definition) is 1. The molecule has 1 N–H and O–H groups in total. The molecule has 1 aromatic rings. The van der Waals surface area contributed by atoms with E-state index in [1.54, 1.807) is 0 Å². The largest absolute Gasteiger partial charge is 0.351 e. The first kappa shape index (κ1) is 11.2. The van der Waals surface area contributed by atoms with E-state index in [9.17, 15) is 4.79 Å². The number of hydrogen-bond donors (Lipinski definition) is 1. The molecule has 1 amide bonds. The maximum absolute atomic E-state index is 11.4. The van der Waals surface area contributed by atoms with Gasteiger partial charge >= 0.3 is 0 Å². The SMILES string of the molecule is O=C(NCCI)c1ccc(I)cc1. The van der Waals surface area contributed by atoms with E-state index in [1.807, 2.05) is 24.3 Å². The molecule has 0 aliphatic heterocycles. The fraction of sp³-hybridized carbons (Fsp3) is 0.222. The first-order valence-corrected chi connectivity index (χ1v) is 6.44. The lowest BCUT2D eigenvalue weighted by Crippen LogP contribution is -2.24. The van der Waals surface area contributed by atoms with Gasteiger partial charge in [-0.2, -0.15) is 0 Å². The van der Waals surface area contributed by atoms with Gasteiger partial charge in [-0.15, -0.1) is 0 Å². The van der Waals surface area contributed by atoms with Crippen LogP contribution in [-0.2, 0) is 0 Å². The van der Waals surface area contributed by atoms with Crippen LogP contribution >= 0.6 is 45.2 Å². The van der Waals surface area contributed by atoms with Gasteiger partial charge in [-0.1, -0.05) is 22.6 Å². The third kappa shape index (κ3) is 3.80. The molecule has 1 aromatic carbocycles. The lowest BCUT2D eigenvalue weighted by atomic mass is 10.2. The monoisotopic (exact) mass is 401 g/mol. The number of halogens is 2. The molecule has 0 fully saturated rings. The minimum Gasteiger partial charge on any atom is -0.351 e. The second-order valence-electron chi connectivity index (χ2n) is 2.45. The molecule has 0 aliphatic rings. The summed E-state index contributed by atoms with van der Waals surface area (Å²) < 4.78 is 2.08. The average Bonchev–Trinajstić information content (AvgIpc) is 2.15. The molecule has 0 atom stereocenters. The summed E-state index contributed by atoms with van der Waals surface area (Å²) >= 11 is 4.45. The molecule has 2 nitrogen and oxygen atoms in total. The van der Waals surface area contributed by atoms with E-state index < -0.39 is 0 Å². The van der Waals surface area contributed by atoms with E-state index in [2.05, 4.69) is 50.5 Å². The van der Waals surface area contributed by atoms with Gasteiger partial charge in [-0.25, -0.2) is 0 Å². The molecule has 70 valence electrons. The minimum atomic E-state index is 0.00747. The Balaban J connectivity index is 2.61. The average molecular weight is 401 g/mol. The predicted octanol–water partition coefficient (Wildman–Crippen LogP) is 2.46. The number of benzene rings is 1. The van der Waals surface area contributed by atoms with Gasteiger partial charge in [0.05, 0.1) is 0 Å². The van der Waals surface area contributed by atoms with Crippen molar-refractivity contribution in [1.29, 1.82) is 0 Å². The Bertz CT molecular complexity index is 284. The summed E-state index contributed by atoms with van der Waals surface area (Å²) in [5.41, 5.74) is 0.727. The van der Waals surface area contributed by atoms with Crippen molar-refractivity contribution in [1.82, 2.24) is 5.32 Å². The Labute approximate surface area is 105 Å². The molecule has 0 heterocycles. The zero-order chi connectivity index (χ0) is 9.68. The van der Waals surface area contributed by atoms with Gasteiger partial charge in [0.15, 0.2) is 0 Å². The van der Waals surface area contributed by atoms with Crippen LogP contribution in [0.25, 0.3) is 0 Å². The van der Waals surface area contributed by atoms with Crippen LogP contribution in [0.2, 0.25) is 0 Å². The van der Waals surface area contributed by atoms with Gasteiger partial charge in [0, 0.05) is 20.1 Å². The van der Waals surface area contributed by atoms with Crippen LogP contribution in [0.3, 0.4) is 0 Å². The number of amides is 1. The highest BCUT2D eigenvalue weighted by atomic mass is 127. The van der Waals surface area contributed by atoms with Gasteiger partial charge < -0.3 is 5.32 Å². The number of nitrogens with one attached hydrogen (secondary N) is 1. The standard InChI is InChI=1S/C9H9I2NO/c10-5-6-12-9(13)7-1-3-8(11)4-2-7/h1-4H,5-6H2,(H,12,13). The number of alkyl halides is 1. The lowest BCUT2D eigenvalue weighted by Gasteiger charge is -2.02. The van der Waals surface area contributed by atoms with E-state index in [-0.39, 0.29) is 5.91 Å². The molecular formula is C9H9I2NO. The molecule has 0 spiro atoms. The van der Waals surface area contributed by atoms with Crippen molar-refractivity contribution < 1.29 is 4.79 Å². The lowest BCUT2D eigenvalue weighted by molar-refractivity contribution is 0.0956. The van der Waals surface area contributed by atoms with E-state index in [0.717, 1.165) is 20.1 Å². The molecule has 0 saturated carbocycles. The molecule has 0 bridgehead atoms. The first-order chi connectivity index (χ1) is 6.24. The summed E-state index contributed by atoms with van der Waals surface area (Å²) in [5.74, 6) is 0.00747. The summed E-state index contributed by atoms with van der Waals surface area (Å²) in [6.07, 6.45) is 0. The fourth-order valence-corrected chi connectivity index (χ4v) is 1.49. The third-order valence-corrected chi connectivity index (χ3v) is 2.74. The predicted molar refractivity (Wildman–Crippen MR) is 70.4 cm³/mol. The normalized spacial score (nSPS) is 9.69. The van der Waals surface area contributed by atoms with Gasteiger partial charge in [0.1, 0.15) is 0 Å². The summed E-state index contributed by atoms with van der Waals surface area (Å²) in [5, 5.41) is 2.82. The fourth-order valence-electron chi connectivity index (χ4n) is 0.864. The topological polar surface area (TPSA) is 29.1 Å². The van der Waals surface area contributed by atoms with Crippen LogP contribution in [0.4, 0.5) is 0 Å². The zero-order valence-corrected chi connectivity index (χ0v) is 11.2. The van der Waals surface area contributed by atoms with Crippen LogP contribution < -0.4 is 5.32 Å². The van der Waals surface area contributed by atoms with Gasteiger partial charge in [-0.3, -0.25) is 4.79 Å². The van der Waals surface area contributed by atoms with E-state index in [1.165, 1.54) is 0 Å². The molecule has 0 unspecified atom stereocenters.